The summed E-state index contributed by atoms with van der Waals surface area (Å²) in [5.74, 6) is 1.58. The molecule has 0 aromatic carbocycles. The average Bonchev–Trinajstić information content (AvgIpc) is 2.46. The molecule has 21 heavy (non-hydrogen) atoms. The highest BCUT2D eigenvalue weighted by molar-refractivity contribution is 6.67. The van der Waals surface area contributed by atoms with Crippen molar-refractivity contribution in [1.82, 2.24) is 4.90 Å². The van der Waals surface area contributed by atoms with Crippen LogP contribution in [0.3, 0.4) is 0 Å². The van der Waals surface area contributed by atoms with Crippen LogP contribution in [0.15, 0.2) is 24.1 Å². The van der Waals surface area contributed by atoms with Crippen molar-refractivity contribution in [3.8, 4) is 0 Å². The Labute approximate surface area is 130 Å². The molecule has 120 valence electrons. The third-order valence-electron chi connectivity index (χ3n) is 4.01. The number of rotatable bonds is 5. The molecular formula is C16H29NO3Si. The first-order valence-electron chi connectivity index (χ1n) is 8.21. The lowest BCUT2D eigenvalue weighted by Crippen LogP contribution is -2.47. The van der Waals surface area contributed by atoms with E-state index in [9.17, 15) is 0 Å². The molecule has 0 saturated carbocycles. The van der Waals surface area contributed by atoms with Crippen LogP contribution in [0.5, 0.6) is 0 Å². The SMILES string of the molecule is CCO[Si]1(OCC)CCCN(C2=CC=CCO2)CC(C)C1. The zero-order valence-electron chi connectivity index (χ0n) is 13.6. The Kier molecular flexibility index (Phi) is 6.33. The summed E-state index contributed by atoms with van der Waals surface area (Å²) in [5, 5.41) is 0. The van der Waals surface area contributed by atoms with Gasteiger partial charge in [0.15, 0.2) is 5.88 Å². The summed E-state index contributed by atoms with van der Waals surface area (Å²) in [6, 6.07) is 2.16. The summed E-state index contributed by atoms with van der Waals surface area (Å²) in [6.45, 7) is 10.7. The number of ether oxygens (including phenoxy) is 1. The summed E-state index contributed by atoms with van der Waals surface area (Å²) >= 11 is 0. The predicted molar refractivity (Wildman–Crippen MR) is 87.1 cm³/mol. The van der Waals surface area contributed by atoms with Crippen LogP contribution in [0.2, 0.25) is 12.1 Å². The lowest BCUT2D eigenvalue weighted by molar-refractivity contribution is 0.107. The lowest BCUT2D eigenvalue weighted by atomic mass is 10.2. The molecule has 2 aliphatic heterocycles. The number of hydrogen-bond donors (Lipinski definition) is 0. The number of nitrogens with zero attached hydrogens (tertiary/aromatic N) is 1. The minimum atomic E-state index is -2.01. The molecule has 4 nitrogen and oxygen atoms in total. The maximum atomic E-state index is 6.14. The highest BCUT2D eigenvalue weighted by atomic mass is 28.4. The van der Waals surface area contributed by atoms with Crippen molar-refractivity contribution in [2.45, 2.75) is 39.3 Å². The van der Waals surface area contributed by atoms with Crippen LogP contribution in [-0.2, 0) is 13.6 Å². The lowest BCUT2D eigenvalue weighted by Gasteiger charge is -2.38. The minimum Gasteiger partial charge on any atom is -0.475 e. The van der Waals surface area contributed by atoms with Gasteiger partial charge in [0.05, 0.1) is 0 Å². The Morgan fingerprint density at radius 3 is 2.71 bits per heavy atom. The second-order valence-electron chi connectivity index (χ2n) is 5.88. The van der Waals surface area contributed by atoms with E-state index in [2.05, 4.69) is 37.8 Å². The summed E-state index contributed by atoms with van der Waals surface area (Å²) in [4.78, 5) is 2.38. The topological polar surface area (TPSA) is 30.9 Å². The van der Waals surface area contributed by atoms with Crippen molar-refractivity contribution < 1.29 is 13.6 Å². The van der Waals surface area contributed by atoms with Crippen LogP contribution in [0, 0.1) is 5.92 Å². The van der Waals surface area contributed by atoms with E-state index in [1.54, 1.807) is 0 Å². The molecule has 0 aromatic rings. The molecule has 1 unspecified atom stereocenters. The normalized spacial score (nSPS) is 25.8. The van der Waals surface area contributed by atoms with Gasteiger partial charge in [0.1, 0.15) is 6.61 Å². The van der Waals surface area contributed by atoms with Gasteiger partial charge in [0.25, 0.3) is 0 Å². The summed E-state index contributed by atoms with van der Waals surface area (Å²) in [7, 11) is -2.01. The maximum Gasteiger partial charge on any atom is 0.338 e. The van der Waals surface area contributed by atoms with Gasteiger partial charge in [0, 0.05) is 26.3 Å². The fourth-order valence-corrected chi connectivity index (χ4v) is 7.07. The third kappa shape index (κ3) is 4.59. The summed E-state index contributed by atoms with van der Waals surface area (Å²) < 4.78 is 18.0. The van der Waals surface area contributed by atoms with Gasteiger partial charge >= 0.3 is 8.56 Å². The van der Waals surface area contributed by atoms with Crippen LogP contribution < -0.4 is 0 Å². The highest BCUT2D eigenvalue weighted by Gasteiger charge is 2.40. The molecule has 1 atom stereocenters. The zero-order chi connectivity index (χ0) is 15.1. The van der Waals surface area contributed by atoms with Crippen molar-refractivity contribution in [2.24, 2.45) is 5.92 Å². The van der Waals surface area contributed by atoms with E-state index in [1.807, 2.05) is 6.08 Å². The molecule has 0 bridgehead atoms. The molecule has 0 amide bonds. The molecule has 0 aromatic heterocycles. The van der Waals surface area contributed by atoms with Gasteiger partial charge in [-0.2, -0.15) is 0 Å². The van der Waals surface area contributed by atoms with Gasteiger partial charge in [-0.15, -0.1) is 0 Å². The van der Waals surface area contributed by atoms with Crippen molar-refractivity contribution in [2.75, 3.05) is 32.9 Å². The highest BCUT2D eigenvalue weighted by Crippen LogP contribution is 2.30. The van der Waals surface area contributed by atoms with E-state index < -0.39 is 8.56 Å². The first kappa shape index (κ1) is 16.6. The first-order chi connectivity index (χ1) is 10.2. The largest absolute Gasteiger partial charge is 0.475 e. The van der Waals surface area contributed by atoms with Crippen LogP contribution in [0.1, 0.15) is 27.2 Å². The van der Waals surface area contributed by atoms with Crippen molar-refractivity contribution >= 4 is 8.56 Å². The van der Waals surface area contributed by atoms with Gasteiger partial charge in [0.2, 0.25) is 0 Å². The molecule has 2 rings (SSSR count). The molecule has 2 heterocycles. The molecule has 1 saturated heterocycles. The van der Waals surface area contributed by atoms with Crippen molar-refractivity contribution in [3.63, 3.8) is 0 Å². The second-order valence-corrected chi connectivity index (χ2v) is 9.19. The monoisotopic (exact) mass is 311 g/mol. The Hall–Kier alpha value is -0.783. The van der Waals surface area contributed by atoms with E-state index in [4.69, 9.17) is 13.6 Å². The molecule has 0 radical (unpaired) electrons. The fraction of sp³-hybridized carbons (Fsp3) is 0.750. The Balaban J connectivity index is 2.02. The molecular weight excluding hydrogens is 282 g/mol. The standard InChI is InChI=1S/C16H29NO3Si/c1-4-19-21(20-5-2)12-8-10-17(13-15(3)14-21)16-9-6-7-11-18-16/h6-7,9,15H,4-5,8,10-14H2,1-3H3. The molecule has 0 spiro atoms. The van der Waals surface area contributed by atoms with Crippen LogP contribution in [0.25, 0.3) is 0 Å². The maximum absolute atomic E-state index is 6.14. The summed E-state index contributed by atoms with van der Waals surface area (Å²) in [6.07, 6.45) is 7.32. The quantitative estimate of drug-likeness (QED) is 0.729. The van der Waals surface area contributed by atoms with Crippen LogP contribution in [-0.4, -0.2) is 46.4 Å². The van der Waals surface area contributed by atoms with Gasteiger partial charge < -0.3 is 18.5 Å². The second kappa shape index (κ2) is 8.01. The molecule has 0 aliphatic carbocycles. The van der Waals surface area contributed by atoms with Crippen molar-refractivity contribution in [1.29, 1.82) is 0 Å². The van der Waals surface area contributed by atoms with Crippen LogP contribution in [0.4, 0.5) is 0 Å². The van der Waals surface area contributed by atoms with Gasteiger partial charge in [-0.25, -0.2) is 0 Å². The Bertz CT molecular complexity index is 378. The molecule has 2 aliphatic rings. The molecule has 1 fully saturated rings. The zero-order valence-corrected chi connectivity index (χ0v) is 14.6. The molecule has 5 heteroatoms. The average molecular weight is 311 g/mol. The fourth-order valence-electron chi connectivity index (χ4n) is 3.32. The number of hydrogen-bond acceptors (Lipinski definition) is 4. The van der Waals surface area contributed by atoms with Gasteiger partial charge in [-0.3, -0.25) is 0 Å². The third-order valence-corrected chi connectivity index (χ3v) is 8.07. The van der Waals surface area contributed by atoms with E-state index in [1.165, 1.54) is 0 Å². The smallest absolute Gasteiger partial charge is 0.338 e. The molecule has 0 N–H and O–H groups in total. The van der Waals surface area contributed by atoms with Crippen LogP contribution >= 0.6 is 0 Å². The summed E-state index contributed by atoms with van der Waals surface area (Å²) in [5.41, 5.74) is 0. The number of allylic oxidation sites excluding steroid dienone is 2. The Morgan fingerprint density at radius 2 is 2.10 bits per heavy atom. The van der Waals surface area contributed by atoms with E-state index in [0.29, 0.717) is 12.5 Å². The van der Waals surface area contributed by atoms with E-state index in [-0.39, 0.29) is 0 Å². The first-order valence-corrected chi connectivity index (χ1v) is 10.4. The Morgan fingerprint density at radius 1 is 1.33 bits per heavy atom. The van der Waals surface area contributed by atoms with Gasteiger partial charge in [-0.1, -0.05) is 13.0 Å². The van der Waals surface area contributed by atoms with Crippen molar-refractivity contribution in [3.05, 3.63) is 24.1 Å². The van der Waals surface area contributed by atoms with Gasteiger partial charge in [-0.05, 0) is 50.4 Å². The minimum absolute atomic E-state index is 0.561. The van der Waals surface area contributed by atoms with E-state index in [0.717, 1.165) is 50.7 Å². The van der Waals surface area contributed by atoms with E-state index >= 15 is 0 Å². The predicted octanol–water partition coefficient (Wildman–Crippen LogP) is 3.27.